The number of halogens is 2. The number of aromatic hydroxyl groups is 1. The summed E-state index contributed by atoms with van der Waals surface area (Å²) in [7, 11) is 1.40. The van der Waals surface area contributed by atoms with Crippen LogP contribution in [0.1, 0.15) is 12.0 Å². The summed E-state index contributed by atoms with van der Waals surface area (Å²) < 4.78 is 28.9. The Bertz CT molecular complexity index is 274. The third kappa shape index (κ3) is 1.64. The lowest BCUT2D eigenvalue weighted by Gasteiger charge is -2.04. The number of phenols is 1. The first-order valence-electron chi connectivity index (χ1n) is 3.30. The van der Waals surface area contributed by atoms with E-state index in [0.717, 1.165) is 12.1 Å². The molecule has 4 heteroatoms. The monoisotopic (exact) mass is 174 g/mol. The normalized spacial score (nSPS) is 10.3. The van der Waals surface area contributed by atoms with Crippen LogP contribution in [0.2, 0.25) is 0 Å². The highest BCUT2D eigenvalue weighted by atomic mass is 19.3. The van der Waals surface area contributed by atoms with Gasteiger partial charge in [0.1, 0.15) is 11.5 Å². The molecule has 1 aromatic carbocycles. The Labute approximate surface area is 68.4 Å². The Morgan fingerprint density at radius 2 is 2.08 bits per heavy atom. The van der Waals surface area contributed by atoms with Crippen LogP contribution in [0.15, 0.2) is 18.2 Å². The summed E-state index contributed by atoms with van der Waals surface area (Å²) in [5.74, 6) is -0.0822. The summed E-state index contributed by atoms with van der Waals surface area (Å²) in [6, 6.07) is 3.67. The van der Waals surface area contributed by atoms with Crippen LogP contribution in [0.3, 0.4) is 0 Å². The lowest BCUT2D eigenvalue weighted by Crippen LogP contribution is -1.87. The average Bonchev–Trinajstić information content (AvgIpc) is 2.03. The molecule has 0 aliphatic rings. The van der Waals surface area contributed by atoms with Gasteiger partial charge in [0.05, 0.1) is 12.7 Å². The molecule has 1 aromatic rings. The van der Waals surface area contributed by atoms with Crippen molar-refractivity contribution in [3.8, 4) is 11.5 Å². The minimum absolute atomic E-state index is 0.358. The first-order valence-corrected chi connectivity index (χ1v) is 3.30. The SMILES string of the molecule is COc1ccc(C(F)F)c(O)c1. The van der Waals surface area contributed by atoms with Gasteiger partial charge in [0.15, 0.2) is 0 Å². The maximum Gasteiger partial charge on any atom is 0.267 e. The molecule has 12 heavy (non-hydrogen) atoms. The molecule has 66 valence electrons. The molecule has 0 aromatic heterocycles. The second-order valence-corrected chi connectivity index (χ2v) is 2.23. The van der Waals surface area contributed by atoms with Crippen molar-refractivity contribution < 1.29 is 18.6 Å². The van der Waals surface area contributed by atoms with Gasteiger partial charge in [0, 0.05) is 6.07 Å². The van der Waals surface area contributed by atoms with Crippen molar-refractivity contribution in [1.82, 2.24) is 0 Å². The molecule has 0 bridgehead atoms. The molecule has 0 unspecified atom stereocenters. The van der Waals surface area contributed by atoms with Gasteiger partial charge in [0.25, 0.3) is 6.43 Å². The summed E-state index contributed by atoms with van der Waals surface area (Å²) in [5, 5.41) is 9.03. The molecular weight excluding hydrogens is 166 g/mol. The standard InChI is InChI=1S/C8H8F2O2/c1-12-5-2-3-6(8(9)10)7(11)4-5/h2-4,8,11H,1H3. The van der Waals surface area contributed by atoms with Gasteiger partial charge in [-0.05, 0) is 12.1 Å². The summed E-state index contributed by atoms with van der Waals surface area (Å²) in [6.45, 7) is 0. The minimum atomic E-state index is -2.66. The van der Waals surface area contributed by atoms with E-state index >= 15 is 0 Å². The highest BCUT2D eigenvalue weighted by Crippen LogP contribution is 2.30. The fraction of sp³-hybridized carbons (Fsp3) is 0.250. The van der Waals surface area contributed by atoms with Crippen molar-refractivity contribution in [2.75, 3.05) is 7.11 Å². The molecule has 2 nitrogen and oxygen atoms in total. The fourth-order valence-corrected chi connectivity index (χ4v) is 0.835. The number of phenolic OH excluding ortho intramolecular Hbond substituents is 1. The zero-order valence-electron chi connectivity index (χ0n) is 6.42. The molecule has 0 radical (unpaired) electrons. The quantitative estimate of drug-likeness (QED) is 0.745. The van der Waals surface area contributed by atoms with Crippen molar-refractivity contribution in [2.24, 2.45) is 0 Å². The van der Waals surface area contributed by atoms with Gasteiger partial charge in [-0.15, -0.1) is 0 Å². The lowest BCUT2D eigenvalue weighted by molar-refractivity contribution is 0.147. The summed E-state index contributed by atoms with van der Waals surface area (Å²) in [4.78, 5) is 0. The van der Waals surface area contributed by atoms with Gasteiger partial charge in [-0.3, -0.25) is 0 Å². The second kappa shape index (κ2) is 3.38. The van der Waals surface area contributed by atoms with Gasteiger partial charge in [-0.1, -0.05) is 0 Å². The van der Waals surface area contributed by atoms with E-state index in [4.69, 9.17) is 9.84 Å². The Hall–Kier alpha value is -1.32. The number of rotatable bonds is 2. The smallest absolute Gasteiger partial charge is 0.267 e. The van der Waals surface area contributed by atoms with Crippen molar-refractivity contribution in [1.29, 1.82) is 0 Å². The predicted octanol–water partition coefficient (Wildman–Crippen LogP) is 2.34. The summed E-state index contributed by atoms with van der Waals surface area (Å²) >= 11 is 0. The predicted molar refractivity (Wildman–Crippen MR) is 39.6 cm³/mol. The maximum atomic E-state index is 12.1. The largest absolute Gasteiger partial charge is 0.507 e. The average molecular weight is 174 g/mol. The molecule has 0 saturated carbocycles. The Kier molecular flexibility index (Phi) is 2.47. The van der Waals surface area contributed by atoms with Gasteiger partial charge in [-0.25, -0.2) is 8.78 Å². The molecular formula is C8H8F2O2. The molecule has 0 amide bonds. The van der Waals surface area contributed by atoms with Crippen LogP contribution in [0.5, 0.6) is 11.5 Å². The van der Waals surface area contributed by atoms with Crippen LogP contribution in [0.25, 0.3) is 0 Å². The zero-order valence-corrected chi connectivity index (χ0v) is 6.42. The number of hydrogen-bond acceptors (Lipinski definition) is 2. The number of alkyl halides is 2. The molecule has 1 N–H and O–H groups in total. The van der Waals surface area contributed by atoms with E-state index < -0.39 is 12.2 Å². The molecule has 0 saturated heterocycles. The summed E-state index contributed by atoms with van der Waals surface area (Å²) in [6.07, 6.45) is -2.66. The first-order chi connectivity index (χ1) is 5.65. The molecule has 0 atom stereocenters. The van der Waals surface area contributed by atoms with E-state index in [1.807, 2.05) is 0 Å². The topological polar surface area (TPSA) is 29.5 Å². The molecule has 0 aliphatic heterocycles. The Morgan fingerprint density at radius 3 is 2.50 bits per heavy atom. The molecule has 0 spiro atoms. The molecule has 0 heterocycles. The first kappa shape index (κ1) is 8.77. The summed E-state index contributed by atoms with van der Waals surface area (Å²) in [5.41, 5.74) is -0.379. The van der Waals surface area contributed by atoms with Crippen LogP contribution in [0, 0.1) is 0 Å². The zero-order chi connectivity index (χ0) is 9.14. The van der Waals surface area contributed by atoms with Crippen LogP contribution in [-0.2, 0) is 0 Å². The van der Waals surface area contributed by atoms with E-state index in [1.54, 1.807) is 0 Å². The van der Waals surface area contributed by atoms with Crippen molar-refractivity contribution in [3.05, 3.63) is 23.8 Å². The Morgan fingerprint density at radius 1 is 1.42 bits per heavy atom. The van der Waals surface area contributed by atoms with Gasteiger partial charge >= 0.3 is 0 Å². The van der Waals surface area contributed by atoms with Gasteiger partial charge < -0.3 is 9.84 Å². The number of hydrogen-bond donors (Lipinski definition) is 1. The van der Waals surface area contributed by atoms with Crippen molar-refractivity contribution in [3.63, 3.8) is 0 Å². The van der Waals surface area contributed by atoms with Gasteiger partial charge in [0.2, 0.25) is 0 Å². The van der Waals surface area contributed by atoms with Crippen LogP contribution in [0.4, 0.5) is 8.78 Å². The number of methoxy groups -OCH3 is 1. The van der Waals surface area contributed by atoms with Crippen LogP contribution >= 0.6 is 0 Å². The van der Waals surface area contributed by atoms with E-state index in [9.17, 15) is 8.78 Å². The molecule has 0 aliphatic carbocycles. The maximum absolute atomic E-state index is 12.1. The second-order valence-electron chi connectivity index (χ2n) is 2.23. The Balaban J connectivity index is 3.03. The van der Waals surface area contributed by atoms with E-state index in [-0.39, 0.29) is 5.56 Å². The van der Waals surface area contributed by atoms with Crippen LogP contribution in [-0.4, -0.2) is 12.2 Å². The highest BCUT2D eigenvalue weighted by Gasteiger charge is 2.12. The number of benzene rings is 1. The van der Waals surface area contributed by atoms with Gasteiger partial charge in [-0.2, -0.15) is 0 Å². The fourth-order valence-electron chi connectivity index (χ4n) is 0.835. The highest BCUT2D eigenvalue weighted by molar-refractivity contribution is 5.40. The van der Waals surface area contributed by atoms with E-state index in [2.05, 4.69) is 0 Å². The molecule has 0 fully saturated rings. The third-order valence-corrected chi connectivity index (χ3v) is 1.47. The van der Waals surface area contributed by atoms with Crippen LogP contribution < -0.4 is 4.74 Å². The lowest BCUT2D eigenvalue weighted by atomic mass is 10.2. The van der Waals surface area contributed by atoms with E-state index in [0.29, 0.717) is 5.75 Å². The minimum Gasteiger partial charge on any atom is -0.507 e. The van der Waals surface area contributed by atoms with E-state index in [1.165, 1.54) is 13.2 Å². The molecule has 1 rings (SSSR count). The third-order valence-electron chi connectivity index (χ3n) is 1.47. The van der Waals surface area contributed by atoms with Crippen molar-refractivity contribution >= 4 is 0 Å². The number of ether oxygens (including phenoxy) is 1. The van der Waals surface area contributed by atoms with Crippen molar-refractivity contribution in [2.45, 2.75) is 6.43 Å².